The van der Waals surface area contributed by atoms with Crippen LogP contribution in [-0.2, 0) is 11.2 Å². The number of aliphatic carboxylic acids is 1. The molecule has 0 unspecified atom stereocenters. The van der Waals surface area contributed by atoms with Crippen molar-refractivity contribution >= 4 is 5.97 Å². The second-order valence-electron chi connectivity index (χ2n) is 4.02. The third-order valence-corrected chi connectivity index (χ3v) is 2.83. The van der Waals surface area contributed by atoms with Gasteiger partial charge in [0.05, 0.1) is 0 Å². The van der Waals surface area contributed by atoms with Gasteiger partial charge in [0.2, 0.25) is 0 Å². The van der Waals surface area contributed by atoms with E-state index in [9.17, 15) is 9.90 Å². The minimum absolute atomic E-state index is 0. The summed E-state index contributed by atoms with van der Waals surface area (Å²) >= 11 is 0. The van der Waals surface area contributed by atoms with Crippen molar-refractivity contribution in [3.05, 3.63) is 11.6 Å². The summed E-state index contributed by atoms with van der Waals surface area (Å²) in [7, 11) is 0. The first-order chi connectivity index (χ1) is 7.25. The van der Waals surface area contributed by atoms with E-state index in [0.717, 1.165) is 18.7 Å². The number of H-pyrrole nitrogens is 1. The van der Waals surface area contributed by atoms with Crippen molar-refractivity contribution in [3.63, 3.8) is 0 Å². The molecule has 2 rings (SSSR count). The van der Waals surface area contributed by atoms with Crippen molar-refractivity contribution in [3.8, 4) is 0 Å². The molecule has 1 aromatic rings. The van der Waals surface area contributed by atoms with Gasteiger partial charge in [-0.25, -0.2) is 4.98 Å². The van der Waals surface area contributed by atoms with Gasteiger partial charge < -0.3 is 9.90 Å². The van der Waals surface area contributed by atoms with Crippen LogP contribution < -0.4 is 56.5 Å². The first-order valence-electron chi connectivity index (χ1n) is 5.36. The van der Waals surface area contributed by atoms with Crippen LogP contribution in [0.2, 0.25) is 0 Å². The van der Waals surface area contributed by atoms with Crippen LogP contribution >= 0.6 is 0 Å². The van der Waals surface area contributed by atoms with E-state index in [1.165, 1.54) is 19.3 Å². The number of nitrogens with one attached hydrogen (secondary N) is 1. The molecule has 1 aromatic heterocycles. The molecule has 1 saturated carbocycles. The van der Waals surface area contributed by atoms with Crippen LogP contribution in [0.1, 0.15) is 49.7 Å². The Kier molecular flexibility index (Phi) is 6.13. The van der Waals surface area contributed by atoms with Gasteiger partial charge in [-0.1, -0.05) is 19.3 Å². The van der Waals surface area contributed by atoms with Gasteiger partial charge in [0, 0.05) is 18.3 Å². The van der Waals surface area contributed by atoms with E-state index in [1.807, 2.05) is 0 Å². The summed E-state index contributed by atoms with van der Waals surface area (Å²) in [4.78, 5) is 14.5. The molecular weight excluding hydrogens is 233 g/mol. The number of carbonyl (C=O) groups is 1. The molecule has 0 radical (unpaired) electrons. The van der Waals surface area contributed by atoms with E-state index in [4.69, 9.17) is 0 Å². The van der Waals surface area contributed by atoms with Gasteiger partial charge in [-0.3, -0.25) is 5.10 Å². The molecule has 1 aliphatic carbocycles. The third kappa shape index (κ3) is 3.92. The van der Waals surface area contributed by atoms with Crippen molar-refractivity contribution in [2.24, 2.45) is 0 Å². The zero-order chi connectivity index (χ0) is 10.7. The van der Waals surface area contributed by atoms with Gasteiger partial charge >= 0.3 is 51.4 Å². The number of carboxylic acids is 1. The molecule has 1 N–H and O–H groups in total. The summed E-state index contributed by atoms with van der Waals surface area (Å²) in [6.45, 7) is 0. The topological polar surface area (TPSA) is 81.7 Å². The molecule has 16 heavy (non-hydrogen) atoms. The van der Waals surface area contributed by atoms with Crippen LogP contribution in [0.4, 0.5) is 0 Å². The number of rotatable bonds is 3. The number of hydrogen-bond donors (Lipinski definition) is 1. The Labute approximate surface area is 137 Å². The second-order valence-corrected chi connectivity index (χ2v) is 4.02. The standard InChI is InChI=1S/C10H15N3O2.K/c14-9(15)6-8-11-10(13-12-8)7-4-2-1-3-5-7;/h7H,1-6H2,(H,14,15)(H,11,12,13);/q;+1/p-1. The van der Waals surface area contributed by atoms with E-state index >= 15 is 0 Å². The van der Waals surface area contributed by atoms with E-state index in [2.05, 4.69) is 15.2 Å². The molecule has 82 valence electrons. The quantitative estimate of drug-likeness (QED) is 0.583. The van der Waals surface area contributed by atoms with E-state index in [0.29, 0.717) is 11.7 Å². The number of carboxylic acid groups (broad SMARTS) is 1. The Morgan fingerprint density at radius 2 is 2.06 bits per heavy atom. The summed E-state index contributed by atoms with van der Waals surface area (Å²) < 4.78 is 0. The third-order valence-electron chi connectivity index (χ3n) is 2.83. The second kappa shape index (κ2) is 6.85. The molecular formula is C10H14KN3O2. The molecule has 0 bridgehead atoms. The Morgan fingerprint density at radius 1 is 1.38 bits per heavy atom. The van der Waals surface area contributed by atoms with E-state index < -0.39 is 5.97 Å². The summed E-state index contributed by atoms with van der Waals surface area (Å²) in [6.07, 6.45) is 5.77. The fourth-order valence-corrected chi connectivity index (χ4v) is 2.07. The van der Waals surface area contributed by atoms with Gasteiger partial charge in [-0.05, 0) is 12.8 Å². The normalized spacial score (nSPS) is 16.8. The average molecular weight is 247 g/mol. The SMILES string of the molecule is O=C([O-])Cc1nc(C2CCCCC2)n[nH]1.[K+]. The van der Waals surface area contributed by atoms with E-state index in [-0.39, 0.29) is 57.8 Å². The smallest absolute Gasteiger partial charge is 0.550 e. The Bertz CT molecular complexity index is 348. The van der Waals surface area contributed by atoms with Crippen LogP contribution in [0.25, 0.3) is 0 Å². The maximum absolute atomic E-state index is 10.4. The van der Waals surface area contributed by atoms with Gasteiger partial charge in [0.25, 0.3) is 0 Å². The Hall–Kier alpha value is 0.246. The van der Waals surface area contributed by atoms with Gasteiger partial charge in [0.15, 0.2) is 5.82 Å². The fourth-order valence-electron chi connectivity index (χ4n) is 2.07. The van der Waals surface area contributed by atoms with Gasteiger partial charge in [0.1, 0.15) is 5.82 Å². The number of aromatic nitrogens is 3. The number of aromatic amines is 1. The zero-order valence-electron chi connectivity index (χ0n) is 9.53. The first kappa shape index (κ1) is 14.3. The maximum atomic E-state index is 10.4. The average Bonchev–Trinajstić information content (AvgIpc) is 2.67. The van der Waals surface area contributed by atoms with Crippen molar-refractivity contribution in [2.75, 3.05) is 0 Å². The van der Waals surface area contributed by atoms with Crippen molar-refractivity contribution < 1.29 is 61.3 Å². The van der Waals surface area contributed by atoms with Crippen LogP contribution in [0, 0.1) is 0 Å². The number of hydrogen-bond acceptors (Lipinski definition) is 4. The monoisotopic (exact) mass is 247 g/mol. The van der Waals surface area contributed by atoms with Crippen LogP contribution in [0.15, 0.2) is 0 Å². The molecule has 6 heteroatoms. The van der Waals surface area contributed by atoms with E-state index in [1.54, 1.807) is 0 Å². The number of nitrogens with zero attached hydrogens (tertiary/aromatic N) is 2. The fraction of sp³-hybridized carbons (Fsp3) is 0.700. The summed E-state index contributed by atoms with van der Waals surface area (Å²) in [5.41, 5.74) is 0. The summed E-state index contributed by atoms with van der Waals surface area (Å²) in [6, 6.07) is 0. The molecule has 0 saturated heterocycles. The molecule has 0 aromatic carbocycles. The molecule has 1 heterocycles. The Morgan fingerprint density at radius 3 is 2.69 bits per heavy atom. The Balaban J connectivity index is 0.00000128. The van der Waals surface area contributed by atoms with Gasteiger partial charge in [-0.2, -0.15) is 5.10 Å². The first-order valence-corrected chi connectivity index (χ1v) is 5.36. The molecule has 0 amide bonds. The molecule has 0 aliphatic heterocycles. The van der Waals surface area contributed by atoms with Crippen molar-refractivity contribution in [2.45, 2.75) is 44.4 Å². The van der Waals surface area contributed by atoms with Crippen LogP contribution in [0.3, 0.4) is 0 Å². The zero-order valence-corrected chi connectivity index (χ0v) is 12.7. The van der Waals surface area contributed by atoms with Crippen LogP contribution in [0.5, 0.6) is 0 Å². The minimum atomic E-state index is -1.12. The predicted molar refractivity (Wildman–Crippen MR) is 50.9 cm³/mol. The molecule has 0 atom stereocenters. The van der Waals surface area contributed by atoms with Crippen molar-refractivity contribution in [1.82, 2.24) is 15.2 Å². The molecule has 0 spiro atoms. The summed E-state index contributed by atoms with van der Waals surface area (Å²) in [5.74, 6) is 0.452. The maximum Gasteiger partial charge on any atom is 1.00 e. The van der Waals surface area contributed by atoms with Crippen LogP contribution in [-0.4, -0.2) is 21.2 Å². The minimum Gasteiger partial charge on any atom is -0.550 e. The summed E-state index contributed by atoms with van der Waals surface area (Å²) in [5, 5.41) is 17.1. The molecule has 1 aliphatic rings. The van der Waals surface area contributed by atoms with Gasteiger partial charge in [-0.15, -0.1) is 0 Å². The number of carbonyl (C=O) groups excluding carboxylic acids is 1. The largest absolute Gasteiger partial charge is 1.00 e. The predicted octanol–water partition coefficient (Wildman–Crippen LogP) is -2.85. The molecule has 1 fully saturated rings. The molecule has 5 nitrogen and oxygen atoms in total. The van der Waals surface area contributed by atoms with Crippen molar-refractivity contribution in [1.29, 1.82) is 0 Å².